The zero-order chi connectivity index (χ0) is 9.36. The Kier molecular flexibility index (Phi) is 6.62. The molecule has 1 unspecified atom stereocenters. The van der Waals surface area contributed by atoms with Crippen LogP contribution in [0.3, 0.4) is 0 Å². The van der Waals surface area contributed by atoms with Gasteiger partial charge in [0, 0.05) is 18.3 Å². The number of rotatable bonds is 7. The van der Waals surface area contributed by atoms with Crippen LogP contribution in [0.4, 0.5) is 0 Å². The third-order valence-electron chi connectivity index (χ3n) is 2.05. The lowest BCUT2D eigenvalue weighted by Gasteiger charge is -2.09. The number of aliphatic hydroxyl groups excluding tert-OH is 1. The van der Waals surface area contributed by atoms with Gasteiger partial charge in [0.15, 0.2) is 0 Å². The number of nitrogens with one attached hydrogen (secondary N) is 1. The number of hydrogen-bond acceptors (Lipinski definition) is 4. The second-order valence-corrected chi connectivity index (χ2v) is 4.58. The van der Waals surface area contributed by atoms with E-state index in [0.717, 1.165) is 18.3 Å². The summed E-state index contributed by atoms with van der Waals surface area (Å²) in [6.45, 7) is 3.29. The average molecular weight is 205 g/mol. The summed E-state index contributed by atoms with van der Waals surface area (Å²) in [6, 6.07) is 0. The van der Waals surface area contributed by atoms with Gasteiger partial charge in [-0.15, -0.1) is 0 Å². The van der Waals surface area contributed by atoms with Crippen molar-refractivity contribution in [2.24, 2.45) is 0 Å². The van der Waals surface area contributed by atoms with E-state index in [-0.39, 0.29) is 6.61 Å². The molecular formula is C9H19NO2S. The highest BCUT2D eigenvalue weighted by molar-refractivity contribution is 8.00. The fourth-order valence-electron chi connectivity index (χ4n) is 1.38. The van der Waals surface area contributed by atoms with Gasteiger partial charge in [-0.25, -0.2) is 0 Å². The summed E-state index contributed by atoms with van der Waals surface area (Å²) in [7, 11) is 0. The Balaban J connectivity index is 1.78. The lowest BCUT2D eigenvalue weighted by molar-refractivity contribution is 0.0940. The van der Waals surface area contributed by atoms with Crippen molar-refractivity contribution in [3.05, 3.63) is 0 Å². The number of aliphatic hydroxyl groups is 1. The van der Waals surface area contributed by atoms with Crippen molar-refractivity contribution in [3.8, 4) is 0 Å². The Morgan fingerprint density at radius 3 is 3.08 bits per heavy atom. The molecule has 1 fully saturated rings. The van der Waals surface area contributed by atoms with Gasteiger partial charge >= 0.3 is 0 Å². The maximum Gasteiger partial charge on any atom is 0.0698 e. The fourth-order valence-corrected chi connectivity index (χ4v) is 2.62. The van der Waals surface area contributed by atoms with Crippen LogP contribution < -0.4 is 5.32 Å². The third kappa shape index (κ3) is 5.52. The highest BCUT2D eigenvalue weighted by Crippen LogP contribution is 2.24. The van der Waals surface area contributed by atoms with Crippen LogP contribution in [0.25, 0.3) is 0 Å². The zero-order valence-electron chi connectivity index (χ0n) is 8.00. The van der Waals surface area contributed by atoms with Gasteiger partial charge in [-0.05, 0) is 18.6 Å². The van der Waals surface area contributed by atoms with Crippen LogP contribution in [0.1, 0.15) is 12.8 Å². The summed E-state index contributed by atoms with van der Waals surface area (Å²) >= 11 is 2.07. The number of hydrogen-bond donors (Lipinski definition) is 2. The molecule has 0 bridgehead atoms. The summed E-state index contributed by atoms with van der Waals surface area (Å²) in [4.78, 5) is 0. The van der Waals surface area contributed by atoms with E-state index in [0.29, 0.717) is 13.2 Å². The largest absolute Gasteiger partial charge is 0.394 e. The van der Waals surface area contributed by atoms with Crippen molar-refractivity contribution < 1.29 is 9.84 Å². The number of thioether (sulfide) groups is 1. The van der Waals surface area contributed by atoms with Crippen LogP contribution in [0, 0.1) is 0 Å². The highest BCUT2D eigenvalue weighted by Gasteiger charge is 2.14. The molecule has 4 heteroatoms. The van der Waals surface area contributed by atoms with Crippen LogP contribution in [0.15, 0.2) is 0 Å². The van der Waals surface area contributed by atoms with Gasteiger partial charge in [0.25, 0.3) is 0 Å². The Labute approximate surface area is 84.2 Å². The molecule has 0 radical (unpaired) electrons. The molecule has 1 atom stereocenters. The molecule has 78 valence electrons. The Morgan fingerprint density at radius 2 is 2.38 bits per heavy atom. The molecule has 1 aliphatic rings. The van der Waals surface area contributed by atoms with Crippen molar-refractivity contribution >= 4 is 11.8 Å². The van der Waals surface area contributed by atoms with Gasteiger partial charge in [-0.3, -0.25) is 0 Å². The quantitative estimate of drug-likeness (QED) is 0.593. The van der Waals surface area contributed by atoms with Crippen molar-refractivity contribution in [1.29, 1.82) is 0 Å². The van der Waals surface area contributed by atoms with E-state index in [4.69, 9.17) is 9.84 Å². The monoisotopic (exact) mass is 205 g/mol. The van der Waals surface area contributed by atoms with Gasteiger partial charge < -0.3 is 15.2 Å². The summed E-state index contributed by atoms with van der Waals surface area (Å²) in [5.41, 5.74) is 0. The van der Waals surface area contributed by atoms with Crippen LogP contribution in [0.2, 0.25) is 0 Å². The Bertz CT molecular complexity index is 118. The first-order valence-corrected chi connectivity index (χ1v) is 5.99. The Morgan fingerprint density at radius 1 is 1.46 bits per heavy atom. The van der Waals surface area contributed by atoms with Crippen LogP contribution in [0.5, 0.6) is 0 Å². The molecule has 0 aromatic carbocycles. The fraction of sp³-hybridized carbons (Fsp3) is 1.00. The maximum absolute atomic E-state index is 8.45. The molecule has 0 amide bonds. The van der Waals surface area contributed by atoms with Crippen molar-refractivity contribution in [2.75, 3.05) is 38.7 Å². The average Bonchev–Trinajstić information content (AvgIpc) is 2.63. The van der Waals surface area contributed by atoms with Crippen molar-refractivity contribution in [1.82, 2.24) is 5.32 Å². The minimum Gasteiger partial charge on any atom is -0.394 e. The zero-order valence-corrected chi connectivity index (χ0v) is 8.81. The van der Waals surface area contributed by atoms with E-state index in [2.05, 4.69) is 17.1 Å². The molecule has 0 aliphatic carbocycles. The van der Waals surface area contributed by atoms with Crippen LogP contribution in [-0.2, 0) is 4.74 Å². The topological polar surface area (TPSA) is 41.5 Å². The first-order valence-electron chi connectivity index (χ1n) is 4.94. The third-order valence-corrected chi connectivity index (χ3v) is 3.45. The highest BCUT2D eigenvalue weighted by atomic mass is 32.2. The first kappa shape index (κ1) is 11.3. The van der Waals surface area contributed by atoms with Crippen LogP contribution in [-0.4, -0.2) is 49.0 Å². The summed E-state index contributed by atoms with van der Waals surface area (Å²) < 4.78 is 5.13. The molecule has 0 aromatic heterocycles. The van der Waals surface area contributed by atoms with Gasteiger partial charge in [-0.1, -0.05) is 0 Å². The molecule has 3 nitrogen and oxygen atoms in total. The predicted octanol–water partition coefficient (Wildman–Crippen LogP) is 0.480. The van der Waals surface area contributed by atoms with E-state index < -0.39 is 0 Å². The molecule has 1 aliphatic heterocycles. The van der Waals surface area contributed by atoms with Gasteiger partial charge in [0.1, 0.15) is 0 Å². The Hall–Kier alpha value is 0.230. The molecule has 1 rings (SSSR count). The standard InChI is InChI=1S/C9H19NO2S/c11-4-6-12-5-3-10-8-9-2-1-7-13-9/h9-11H,1-8H2. The molecule has 0 spiro atoms. The van der Waals surface area contributed by atoms with Gasteiger partial charge in [0.05, 0.1) is 19.8 Å². The van der Waals surface area contributed by atoms with E-state index in [1.54, 1.807) is 0 Å². The SMILES string of the molecule is OCCOCCNCC1CCCS1. The molecule has 2 N–H and O–H groups in total. The molecule has 1 saturated heterocycles. The van der Waals surface area contributed by atoms with E-state index in [9.17, 15) is 0 Å². The molecular weight excluding hydrogens is 186 g/mol. The predicted molar refractivity (Wildman–Crippen MR) is 56.3 cm³/mol. The van der Waals surface area contributed by atoms with Crippen molar-refractivity contribution in [3.63, 3.8) is 0 Å². The maximum atomic E-state index is 8.45. The van der Waals surface area contributed by atoms with Gasteiger partial charge in [-0.2, -0.15) is 11.8 Å². The second kappa shape index (κ2) is 7.62. The summed E-state index contributed by atoms with van der Waals surface area (Å²) in [6.07, 6.45) is 2.73. The minimum absolute atomic E-state index is 0.123. The van der Waals surface area contributed by atoms with E-state index in [1.165, 1.54) is 18.6 Å². The van der Waals surface area contributed by atoms with Gasteiger partial charge in [0.2, 0.25) is 0 Å². The minimum atomic E-state index is 0.123. The molecule has 13 heavy (non-hydrogen) atoms. The summed E-state index contributed by atoms with van der Waals surface area (Å²) in [5, 5.41) is 12.6. The van der Waals surface area contributed by atoms with E-state index in [1.807, 2.05) is 0 Å². The second-order valence-electron chi connectivity index (χ2n) is 3.18. The number of ether oxygens (including phenoxy) is 1. The first-order chi connectivity index (χ1) is 6.43. The molecule has 0 aromatic rings. The molecule has 1 heterocycles. The lowest BCUT2D eigenvalue weighted by atomic mass is 10.2. The van der Waals surface area contributed by atoms with E-state index >= 15 is 0 Å². The molecule has 0 saturated carbocycles. The summed E-state index contributed by atoms with van der Waals surface area (Å²) in [5.74, 6) is 1.33. The lowest BCUT2D eigenvalue weighted by Crippen LogP contribution is -2.27. The van der Waals surface area contributed by atoms with Crippen molar-refractivity contribution in [2.45, 2.75) is 18.1 Å². The van der Waals surface area contributed by atoms with Crippen LogP contribution >= 0.6 is 11.8 Å². The smallest absolute Gasteiger partial charge is 0.0698 e. The normalized spacial score (nSPS) is 22.4.